The lowest BCUT2D eigenvalue weighted by molar-refractivity contribution is -0.111. The number of carbonyl (C=O) groups is 1. The first-order chi connectivity index (χ1) is 11.9. The molecule has 2 aromatic carbocycles. The van der Waals surface area contributed by atoms with Crippen molar-refractivity contribution in [3.05, 3.63) is 79.2 Å². The van der Waals surface area contributed by atoms with Crippen LogP contribution in [-0.2, 0) is 4.79 Å². The zero-order valence-corrected chi connectivity index (χ0v) is 16.0. The lowest BCUT2D eigenvalue weighted by Crippen LogP contribution is -2.10. The van der Waals surface area contributed by atoms with Crippen molar-refractivity contribution >= 4 is 51.2 Å². The third kappa shape index (κ3) is 3.99. The predicted molar refractivity (Wildman–Crippen MR) is 109 cm³/mol. The van der Waals surface area contributed by atoms with Gasteiger partial charge < -0.3 is 9.73 Å². The van der Waals surface area contributed by atoms with Crippen LogP contribution in [0, 0.1) is 17.4 Å². The molecule has 0 spiro atoms. The quantitative estimate of drug-likeness (QED) is 0.471. The minimum atomic E-state index is -0.298. The molecule has 126 valence electrons. The molecule has 0 bridgehead atoms. The van der Waals surface area contributed by atoms with Crippen LogP contribution in [0.1, 0.15) is 16.7 Å². The molecule has 0 atom stereocenters. The molecule has 1 heterocycles. The van der Waals surface area contributed by atoms with Crippen molar-refractivity contribution in [2.75, 3.05) is 5.32 Å². The van der Waals surface area contributed by atoms with Crippen molar-refractivity contribution in [2.45, 2.75) is 13.8 Å². The largest absolute Gasteiger partial charge is 0.463 e. The van der Waals surface area contributed by atoms with Crippen molar-refractivity contribution in [2.24, 2.45) is 0 Å². The van der Waals surface area contributed by atoms with Gasteiger partial charge in [-0.05, 0) is 78.4 Å². The molecule has 0 saturated heterocycles. The van der Waals surface area contributed by atoms with Gasteiger partial charge in [0.1, 0.15) is 11.8 Å². The number of anilines is 1. The van der Waals surface area contributed by atoms with Gasteiger partial charge in [0.2, 0.25) is 5.91 Å². The summed E-state index contributed by atoms with van der Waals surface area (Å²) in [5, 5.41) is 3.32. The zero-order chi connectivity index (χ0) is 18.0. The second-order valence-electron chi connectivity index (χ2n) is 5.80. The molecule has 1 amide bonds. The number of amides is 1. The van der Waals surface area contributed by atoms with E-state index >= 15 is 0 Å². The Labute approximate surface area is 158 Å². The van der Waals surface area contributed by atoms with Crippen molar-refractivity contribution in [1.82, 2.24) is 0 Å². The second kappa shape index (κ2) is 7.23. The summed E-state index contributed by atoms with van der Waals surface area (Å²) in [5.74, 6) is -0.298. The highest BCUT2D eigenvalue weighted by Crippen LogP contribution is 2.18. The van der Waals surface area contributed by atoms with Gasteiger partial charge in [-0.2, -0.15) is 0 Å². The molecule has 0 unspecified atom stereocenters. The smallest absolute Gasteiger partial charge is 0.248 e. The highest BCUT2D eigenvalue weighted by Gasteiger charge is 2.06. The van der Waals surface area contributed by atoms with E-state index in [0.29, 0.717) is 16.5 Å². The first-order valence-electron chi connectivity index (χ1n) is 7.71. The fraction of sp³-hybridized carbons (Fsp3) is 0.100. The number of fused-ring (bicyclic) bond motifs is 1. The number of nitrogens with one attached hydrogen (secondary N) is 1. The average molecular weight is 445 g/mol. The Hall–Kier alpha value is -2.41. The molecule has 0 fully saturated rings. The summed E-state index contributed by atoms with van der Waals surface area (Å²) in [6.45, 7) is 3.85. The predicted octanol–water partition coefficient (Wildman–Crippen LogP) is 4.67. The van der Waals surface area contributed by atoms with Crippen LogP contribution >= 0.6 is 22.6 Å². The van der Waals surface area contributed by atoms with Gasteiger partial charge in [-0.15, -0.1) is 0 Å². The van der Waals surface area contributed by atoms with Gasteiger partial charge in [0.25, 0.3) is 0 Å². The summed E-state index contributed by atoms with van der Waals surface area (Å²) in [6, 6.07) is 11.2. The number of halogens is 1. The SMILES string of the molecule is Cc1ccc2occ(/C=C/C(=O)Nc3ccc(I)cc3C)c(=O)c2c1. The van der Waals surface area contributed by atoms with Crippen molar-refractivity contribution in [1.29, 1.82) is 0 Å². The first-order valence-corrected chi connectivity index (χ1v) is 8.79. The van der Waals surface area contributed by atoms with E-state index in [9.17, 15) is 9.59 Å². The highest BCUT2D eigenvalue weighted by molar-refractivity contribution is 14.1. The van der Waals surface area contributed by atoms with Crippen LogP contribution in [-0.4, -0.2) is 5.91 Å². The number of benzene rings is 2. The van der Waals surface area contributed by atoms with E-state index < -0.39 is 0 Å². The monoisotopic (exact) mass is 445 g/mol. The van der Waals surface area contributed by atoms with Gasteiger partial charge in [0.05, 0.1) is 10.9 Å². The topological polar surface area (TPSA) is 59.3 Å². The van der Waals surface area contributed by atoms with Gasteiger partial charge in [-0.25, -0.2) is 0 Å². The molecule has 0 radical (unpaired) electrons. The molecule has 0 aliphatic rings. The van der Waals surface area contributed by atoms with Gasteiger partial charge in [0.15, 0.2) is 5.43 Å². The molecule has 1 aromatic heterocycles. The van der Waals surface area contributed by atoms with Crippen molar-refractivity contribution < 1.29 is 9.21 Å². The number of rotatable bonds is 3. The zero-order valence-electron chi connectivity index (χ0n) is 13.8. The van der Waals surface area contributed by atoms with Crippen LogP contribution in [0.25, 0.3) is 17.0 Å². The average Bonchev–Trinajstić information content (AvgIpc) is 2.57. The van der Waals surface area contributed by atoms with E-state index in [4.69, 9.17) is 4.42 Å². The van der Waals surface area contributed by atoms with Crippen molar-refractivity contribution in [3.8, 4) is 0 Å². The minimum Gasteiger partial charge on any atom is -0.463 e. The van der Waals surface area contributed by atoms with Crippen molar-refractivity contribution in [3.63, 3.8) is 0 Å². The van der Waals surface area contributed by atoms with E-state index in [1.807, 2.05) is 38.1 Å². The Balaban J connectivity index is 1.84. The summed E-state index contributed by atoms with van der Waals surface area (Å²) in [6.07, 6.45) is 4.19. The minimum absolute atomic E-state index is 0.153. The fourth-order valence-corrected chi connectivity index (χ4v) is 3.13. The number of hydrogen-bond acceptors (Lipinski definition) is 3. The maximum Gasteiger partial charge on any atom is 0.248 e. The summed E-state index contributed by atoms with van der Waals surface area (Å²) >= 11 is 2.22. The summed E-state index contributed by atoms with van der Waals surface area (Å²) in [4.78, 5) is 24.6. The van der Waals surface area contributed by atoms with Crippen LogP contribution in [0.4, 0.5) is 5.69 Å². The normalized spacial score (nSPS) is 11.2. The summed E-state index contributed by atoms with van der Waals surface area (Å²) in [5.41, 5.74) is 3.43. The lowest BCUT2D eigenvalue weighted by Gasteiger charge is -2.06. The molecular weight excluding hydrogens is 429 g/mol. The van der Waals surface area contributed by atoms with Crippen LogP contribution < -0.4 is 10.7 Å². The van der Waals surface area contributed by atoms with E-state index in [1.165, 1.54) is 18.4 Å². The third-order valence-electron chi connectivity index (χ3n) is 3.82. The molecule has 0 saturated carbocycles. The maximum atomic E-state index is 12.5. The van der Waals surface area contributed by atoms with Gasteiger partial charge in [0, 0.05) is 15.3 Å². The van der Waals surface area contributed by atoms with Crippen LogP contribution in [0.3, 0.4) is 0 Å². The van der Waals surface area contributed by atoms with Crippen LogP contribution in [0.5, 0.6) is 0 Å². The number of hydrogen-bond donors (Lipinski definition) is 1. The second-order valence-corrected chi connectivity index (χ2v) is 7.05. The fourth-order valence-electron chi connectivity index (χ4n) is 2.48. The Morgan fingerprint density at radius 3 is 2.72 bits per heavy atom. The highest BCUT2D eigenvalue weighted by atomic mass is 127. The van der Waals surface area contributed by atoms with Crippen LogP contribution in [0.2, 0.25) is 0 Å². The summed E-state index contributed by atoms with van der Waals surface area (Å²) in [7, 11) is 0. The molecule has 0 aliphatic carbocycles. The molecule has 1 N–H and O–H groups in total. The molecular formula is C20H16INO3. The number of carbonyl (C=O) groups excluding carboxylic acids is 1. The van der Waals surface area contributed by atoms with E-state index in [2.05, 4.69) is 27.9 Å². The molecule has 3 aromatic rings. The Morgan fingerprint density at radius 1 is 1.16 bits per heavy atom. The molecule has 0 aliphatic heterocycles. The Morgan fingerprint density at radius 2 is 1.96 bits per heavy atom. The molecule has 4 nitrogen and oxygen atoms in total. The Kier molecular flexibility index (Phi) is 5.03. The van der Waals surface area contributed by atoms with E-state index in [-0.39, 0.29) is 11.3 Å². The van der Waals surface area contributed by atoms with E-state index in [0.717, 1.165) is 20.4 Å². The molecule has 5 heteroatoms. The molecule has 25 heavy (non-hydrogen) atoms. The standard InChI is InChI=1S/C20H16INO3/c1-12-3-7-18-16(9-12)20(24)14(11-25-18)4-8-19(23)22-17-6-5-15(21)10-13(17)2/h3-11H,1-2H3,(H,22,23)/b8-4+. The van der Waals surface area contributed by atoms with Gasteiger partial charge in [-0.3, -0.25) is 9.59 Å². The van der Waals surface area contributed by atoms with Gasteiger partial charge >= 0.3 is 0 Å². The third-order valence-corrected chi connectivity index (χ3v) is 4.49. The number of aryl methyl sites for hydroxylation is 2. The van der Waals surface area contributed by atoms with Gasteiger partial charge in [-0.1, -0.05) is 11.6 Å². The maximum absolute atomic E-state index is 12.5. The first kappa shape index (κ1) is 17.4. The van der Waals surface area contributed by atoms with E-state index in [1.54, 1.807) is 12.1 Å². The summed E-state index contributed by atoms with van der Waals surface area (Å²) < 4.78 is 6.58. The molecule has 3 rings (SSSR count). The Bertz CT molecular complexity index is 1050. The lowest BCUT2D eigenvalue weighted by atomic mass is 10.1. The van der Waals surface area contributed by atoms with Crippen LogP contribution in [0.15, 0.2) is 57.9 Å².